The Balaban J connectivity index is 1.72. The Morgan fingerprint density at radius 3 is 2.86 bits per heavy atom. The molecule has 1 atom stereocenters. The molecule has 1 aliphatic rings. The first-order chi connectivity index (χ1) is 10.5. The fraction of sp³-hybridized carbons (Fsp3) is 0.429. The fourth-order valence-corrected chi connectivity index (χ4v) is 3.24. The van der Waals surface area contributed by atoms with E-state index in [4.69, 9.17) is 5.14 Å². The summed E-state index contributed by atoms with van der Waals surface area (Å²) in [6, 6.07) is 7.75. The van der Waals surface area contributed by atoms with Crippen LogP contribution in [0.1, 0.15) is 12.8 Å². The third kappa shape index (κ3) is 3.70. The van der Waals surface area contributed by atoms with Crippen molar-refractivity contribution in [2.45, 2.75) is 12.8 Å². The number of nitrogens with zero attached hydrogens (tertiary/aromatic N) is 3. The lowest BCUT2D eigenvalue weighted by Gasteiger charge is -2.33. The third-order valence-electron chi connectivity index (χ3n) is 3.85. The fourth-order valence-electron chi connectivity index (χ4n) is 2.77. The van der Waals surface area contributed by atoms with E-state index >= 15 is 0 Å². The van der Waals surface area contributed by atoms with Gasteiger partial charge < -0.3 is 4.90 Å². The molecule has 2 aromatic rings. The molecule has 1 aromatic heterocycles. The molecular weight excluding hydrogens is 302 g/mol. The van der Waals surface area contributed by atoms with Gasteiger partial charge in [0.2, 0.25) is 0 Å². The van der Waals surface area contributed by atoms with Gasteiger partial charge in [-0.05, 0) is 30.9 Å². The number of nitrogens with two attached hydrogens (primary N) is 1. The van der Waals surface area contributed by atoms with Crippen LogP contribution in [0.25, 0.3) is 11.0 Å². The van der Waals surface area contributed by atoms with Gasteiger partial charge in [0.15, 0.2) is 0 Å². The molecule has 1 aromatic carbocycles. The van der Waals surface area contributed by atoms with Crippen LogP contribution in [-0.2, 0) is 10.2 Å². The summed E-state index contributed by atoms with van der Waals surface area (Å²) in [5.74, 6) is 1.05. The molecule has 0 bridgehead atoms. The van der Waals surface area contributed by atoms with Gasteiger partial charge in [-0.15, -0.1) is 0 Å². The van der Waals surface area contributed by atoms with Crippen molar-refractivity contribution in [1.82, 2.24) is 14.7 Å². The van der Waals surface area contributed by atoms with E-state index in [0.29, 0.717) is 6.54 Å². The minimum Gasteiger partial charge on any atom is -0.355 e. The Labute approximate surface area is 129 Å². The zero-order chi connectivity index (χ0) is 15.6. The molecule has 1 saturated heterocycles. The zero-order valence-electron chi connectivity index (χ0n) is 12.1. The van der Waals surface area contributed by atoms with Crippen molar-refractivity contribution in [1.29, 1.82) is 0 Å². The maximum absolute atomic E-state index is 11.0. The molecule has 0 spiro atoms. The summed E-state index contributed by atoms with van der Waals surface area (Å²) in [6.07, 6.45) is 3.74. The molecule has 1 fully saturated rings. The Bertz CT molecular complexity index is 765. The molecule has 8 heteroatoms. The number of hydrogen-bond donors (Lipinski definition) is 2. The van der Waals surface area contributed by atoms with E-state index in [-0.39, 0.29) is 5.92 Å². The van der Waals surface area contributed by atoms with E-state index in [9.17, 15) is 8.42 Å². The summed E-state index contributed by atoms with van der Waals surface area (Å²) >= 11 is 0. The van der Waals surface area contributed by atoms with Gasteiger partial charge >= 0.3 is 0 Å². The van der Waals surface area contributed by atoms with Crippen LogP contribution in [-0.4, -0.2) is 38.0 Å². The molecule has 7 nitrogen and oxygen atoms in total. The smallest absolute Gasteiger partial charge is 0.274 e. The topological polar surface area (TPSA) is 101 Å². The second kappa shape index (κ2) is 6.15. The summed E-state index contributed by atoms with van der Waals surface area (Å²) in [7, 11) is -3.63. The number of benzene rings is 1. The summed E-state index contributed by atoms with van der Waals surface area (Å²) in [4.78, 5) is 11.2. The highest BCUT2D eigenvalue weighted by molar-refractivity contribution is 7.87. The van der Waals surface area contributed by atoms with E-state index < -0.39 is 10.2 Å². The number of hydrogen-bond acceptors (Lipinski definition) is 5. The number of piperidine rings is 1. The molecule has 3 rings (SSSR count). The predicted molar refractivity (Wildman–Crippen MR) is 85.6 cm³/mol. The molecular formula is C14H19N5O2S. The number of para-hydroxylation sites is 2. The molecule has 118 valence electrons. The predicted octanol–water partition coefficient (Wildman–Crippen LogP) is 0.639. The maximum atomic E-state index is 11.0. The van der Waals surface area contributed by atoms with Crippen LogP contribution in [0.15, 0.2) is 30.5 Å². The highest BCUT2D eigenvalue weighted by Gasteiger charge is 2.22. The minimum absolute atomic E-state index is 0.223. The quantitative estimate of drug-likeness (QED) is 0.860. The lowest BCUT2D eigenvalue weighted by Crippen LogP contribution is -2.42. The standard InChI is InChI=1S/C14H19N5O2S/c15-22(20,21)17-8-11-4-3-7-19(10-11)14-9-16-12-5-1-2-6-13(12)18-14/h1-2,5-6,9,11,17H,3-4,7-8,10H2,(H2,15,20,21)/t11-/m0/s1. The monoisotopic (exact) mass is 321 g/mol. The zero-order valence-corrected chi connectivity index (χ0v) is 13.0. The van der Waals surface area contributed by atoms with Gasteiger partial charge in [0.1, 0.15) is 5.82 Å². The van der Waals surface area contributed by atoms with E-state index in [0.717, 1.165) is 42.8 Å². The number of anilines is 1. The number of nitrogens with one attached hydrogen (secondary N) is 1. The lowest BCUT2D eigenvalue weighted by atomic mass is 9.98. The SMILES string of the molecule is NS(=O)(=O)NC[C@@H]1CCCN(c2cnc3ccccc3n2)C1. The Hall–Kier alpha value is -1.77. The van der Waals surface area contributed by atoms with Crippen LogP contribution in [0.2, 0.25) is 0 Å². The number of fused-ring (bicyclic) bond motifs is 1. The van der Waals surface area contributed by atoms with Crippen molar-refractivity contribution in [3.05, 3.63) is 30.5 Å². The van der Waals surface area contributed by atoms with Crippen LogP contribution >= 0.6 is 0 Å². The Morgan fingerprint density at radius 2 is 2.09 bits per heavy atom. The summed E-state index contributed by atoms with van der Waals surface area (Å²) in [6.45, 7) is 2.00. The molecule has 0 saturated carbocycles. The van der Waals surface area contributed by atoms with E-state index in [1.165, 1.54) is 0 Å². The van der Waals surface area contributed by atoms with Crippen LogP contribution in [0.5, 0.6) is 0 Å². The summed E-state index contributed by atoms with van der Waals surface area (Å²) < 4.78 is 24.4. The van der Waals surface area contributed by atoms with Gasteiger partial charge in [0, 0.05) is 19.6 Å². The van der Waals surface area contributed by atoms with Crippen molar-refractivity contribution in [2.75, 3.05) is 24.5 Å². The highest BCUT2D eigenvalue weighted by atomic mass is 32.2. The number of rotatable bonds is 4. The van der Waals surface area contributed by atoms with Gasteiger partial charge in [-0.2, -0.15) is 8.42 Å². The second-order valence-electron chi connectivity index (χ2n) is 5.56. The average molecular weight is 321 g/mol. The van der Waals surface area contributed by atoms with Crippen molar-refractivity contribution < 1.29 is 8.42 Å². The molecule has 1 aliphatic heterocycles. The van der Waals surface area contributed by atoms with Gasteiger partial charge in [0.05, 0.1) is 17.2 Å². The van der Waals surface area contributed by atoms with Crippen LogP contribution in [0, 0.1) is 5.92 Å². The Morgan fingerprint density at radius 1 is 1.32 bits per heavy atom. The normalized spacial score (nSPS) is 19.5. The van der Waals surface area contributed by atoms with Gasteiger partial charge in [-0.3, -0.25) is 4.98 Å². The van der Waals surface area contributed by atoms with Crippen LogP contribution < -0.4 is 14.8 Å². The van der Waals surface area contributed by atoms with Gasteiger partial charge in [0.25, 0.3) is 10.2 Å². The van der Waals surface area contributed by atoms with Crippen LogP contribution in [0.4, 0.5) is 5.82 Å². The van der Waals surface area contributed by atoms with E-state index in [2.05, 4.69) is 19.6 Å². The second-order valence-corrected chi connectivity index (χ2v) is 6.94. The lowest BCUT2D eigenvalue weighted by molar-refractivity contribution is 0.409. The molecule has 0 aliphatic carbocycles. The van der Waals surface area contributed by atoms with Crippen molar-refractivity contribution >= 4 is 27.1 Å². The molecule has 0 amide bonds. The Kier molecular flexibility index (Phi) is 4.23. The molecule has 3 N–H and O–H groups in total. The number of aromatic nitrogens is 2. The van der Waals surface area contributed by atoms with Crippen molar-refractivity contribution in [2.24, 2.45) is 11.1 Å². The largest absolute Gasteiger partial charge is 0.355 e. The van der Waals surface area contributed by atoms with Crippen molar-refractivity contribution in [3.63, 3.8) is 0 Å². The van der Waals surface area contributed by atoms with E-state index in [1.807, 2.05) is 24.3 Å². The first kappa shape index (κ1) is 15.1. The van der Waals surface area contributed by atoms with Gasteiger partial charge in [-0.25, -0.2) is 14.8 Å². The van der Waals surface area contributed by atoms with Crippen LogP contribution in [0.3, 0.4) is 0 Å². The highest BCUT2D eigenvalue weighted by Crippen LogP contribution is 2.22. The first-order valence-corrected chi connectivity index (χ1v) is 8.80. The minimum atomic E-state index is -3.63. The first-order valence-electron chi connectivity index (χ1n) is 7.25. The average Bonchev–Trinajstić information content (AvgIpc) is 2.52. The van der Waals surface area contributed by atoms with Gasteiger partial charge in [-0.1, -0.05) is 12.1 Å². The molecule has 0 radical (unpaired) electrons. The maximum Gasteiger partial charge on any atom is 0.274 e. The summed E-state index contributed by atoms with van der Waals surface area (Å²) in [5.41, 5.74) is 1.74. The molecule has 0 unspecified atom stereocenters. The van der Waals surface area contributed by atoms with Crippen molar-refractivity contribution in [3.8, 4) is 0 Å². The molecule has 22 heavy (non-hydrogen) atoms. The third-order valence-corrected chi connectivity index (χ3v) is 4.42. The summed E-state index contributed by atoms with van der Waals surface area (Å²) in [5, 5.41) is 4.99. The molecule has 2 heterocycles. The van der Waals surface area contributed by atoms with E-state index in [1.54, 1.807) is 6.20 Å².